The third-order valence-corrected chi connectivity index (χ3v) is 3.45. The zero-order valence-electron chi connectivity index (χ0n) is 10.3. The predicted octanol–water partition coefficient (Wildman–Crippen LogP) is -0.876. The van der Waals surface area contributed by atoms with E-state index in [1.165, 1.54) is 5.57 Å². The number of piperazine rings is 1. The van der Waals surface area contributed by atoms with Gasteiger partial charge in [0.05, 0.1) is 6.34 Å². The van der Waals surface area contributed by atoms with Crippen LogP contribution < -0.4 is 5.32 Å². The number of nitrogens with zero attached hydrogens (tertiary/aromatic N) is 3. The molecule has 0 saturated carbocycles. The molecule has 17 heavy (non-hydrogen) atoms. The number of aliphatic hydroxyl groups excluding tert-OH is 1. The Morgan fingerprint density at radius 1 is 1.35 bits per heavy atom. The molecule has 2 aliphatic heterocycles. The first-order valence-corrected chi connectivity index (χ1v) is 5.94. The summed E-state index contributed by atoms with van der Waals surface area (Å²) in [7, 11) is 0. The first-order chi connectivity index (χ1) is 8.09. The number of hydrogen-bond acceptors (Lipinski definition) is 6. The molecule has 0 aromatic heterocycles. The molecule has 0 spiro atoms. The summed E-state index contributed by atoms with van der Waals surface area (Å²) in [5, 5.41) is 21.3. The molecule has 96 valence electrons. The van der Waals surface area contributed by atoms with Gasteiger partial charge in [-0.3, -0.25) is 4.90 Å². The summed E-state index contributed by atoms with van der Waals surface area (Å²) in [5.41, 5.74) is 1.23. The number of hydrogen-bond donors (Lipinski definition) is 3. The molecule has 0 radical (unpaired) electrons. The van der Waals surface area contributed by atoms with Crippen molar-refractivity contribution in [3.63, 3.8) is 0 Å². The minimum Gasteiger partial charge on any atom is -0.370 e. The molecule has 1 saturated heterocycles. The molecule has 2 heterocycles. The first kappa shape index (κ1) is 12.3. The van der Waals surface area contributed by atoms with Gasteiger partial charge in [0.25, 0.3) is 0 Å². The van der Waals surface area contributed by atoms with Gasteiger partial charge in [-0.1, -0.05) is 0 Å². The Labute approximate surface area is 101 Å². The Morgan fingerprint density at radius 2 is 2.00 bits per heavy atom. The average Bonchev–Trinajstić information content (AvgIpc) is 2.33. The zero-order valence-corrected chi connectivity index (χ0v) is 10.3. The van der Waals surface area contributed by atoms with Crippen LogP contribution in [0.5, 0.6) is 0 Å². The minimum atomic E-state index is -1.34. The highest BCUT2D eigenvalue weighted by Crippen LogP contribution is 2.19. The molecular weight excluding hydrogens is 220 g/mol. The fraction of sp³-hybridized carbons (Fsp3) is 0.727. The number of aliphatic imine (C=N–C) groups is 1. The third kappa shape index (κ3) is 2.59. The van der Waals surface area contributed by atoms with Gasteiger partial charge in [-0.25, -0.2) is 4.99 Å². The van der Waals surface area contributed by atoms with Gasteiger partial charge in [0, 0.05) is 32.2 Å². The highest BCUT2D eigenvalue weighted by atomic mass is 16.5. The van der Waals surface area contributed by atoms with E-state index in [2.05, 4.69) is 29.1 Å². The van der Waals surface area contributed by atoms with E-state index in [0.29, 0.717) is 19.1 Å². The van der Waals surface area contributed by atoms with E-state index in [0.717, 1.165) is 18.9 Å². The van der Waals surface area contributed by atoms with Crippen LogP contribution >= 0.6 is 0 Å². The topological polar surface area (TPSA) is 71.3 Å². The van der Waals surface area contributed by atoms with Gasteiger partial charge in [0.1, 0.15) is 5.82 Å². The molecule has 0 aliphatic carbocycles. The highest BCUT2D eigenvalue weighted by Gasteiger charge is 2.24. The zero-order chi connectivity index (χ0) is 12.4. The van der Waals surface area contributed by atoms with Crippen LogP contribution in [0.25, 0.3) is 0 Å². The molecule has 0 aromatic carbocycles. The third-order valence-electron chi connectivity index (χ3n) is 3.45. The van der Waals surface area contributed by atoms with Crippen molar-refractivity contribution in [3.05, 3.63) is 11.4 Å². The summed E-state index contributed by atoms with van der Waals surface area (Å²) in [5.74, 6) is 1.02. The summed E-state index contributed by atoms with van der Waals surface area (Å²) in [6, 6.07) is 0.309. The SMILES string of the molecule is CC1=C(N2CCN(C(O)O)CC2)N=CNC1C. The Hall–Kier alpha value is -1.11. The fourth-order valence-electron chi connectivity index (χ4n) is 2.13. The van der Waals surface area contributed by atoms with Crippen molar-refractivity contribution in [1.29, 1.82) is 0 Å². The van der Waals surface area contributed by atoms with E-state index in [1.54, 1.807) is 11.2 Å². The lowest BCUT2D eigenvalue weighted by molar-refractivity contribution is -0.163. The van der Waals surface area contributed by atoms with E-state index in [9.17, 15) is 0 Å². The van der Waals surface area contributed by atoms with Crippen LogP contribution in [0.4, 0.5) is 0 Å². The highest BCUT2D eigenvalue weighted by molar-refractivity contribution is 5.59. The molecule has 6 heteroatoms. The maximum atomic E-state index is 9.08. The van der Waals surface area contributed by atoms with Gasteiger partial charge in [-0.15, -0.1) is 0 Å². The summed E-state index contributed by atoms with van der Waals surface area (Å²) < 4.78 is 0. The smallest absolute Gasteiger partial charge is 0.213 e. The van der Waals surface area contributed by atoms with Gasteiger partial charge in [-0.2, -0.15) is 0 Å². The van der Waals surface area contributed by atoms with Crippen molar-refractivity contribution in [2.24, 2.45) is 4.99 Å². The lowest BCUT2D eigenvalue weighted by Gasteiger charge is -2.38. The van der Waals surface area contributed by atoms with Crippen molar-refractivity contribution in [2.45, 2.75) is 26.3 Å². The van der Waals surface area contributed by atoms with E-state index in [1.807, 2.05) is 0 Å². The molecule has 0 bridgehead atoms. The molecule has 2 aliphatic rings. The summed E-state index contributed by atoms with van der Waals surface area (Å²) in [6.45, 7) is 7.02. The van der Waals surface area contributed by atoms with Crippen molar-refractivity contribution in [1.82, 2.24) is 15.1 Å². The molecule has 3 N–H and O–H groups in total. The minimum absolute atomic E-state index is 0.309. The van der Waals surface area contributed by atoms with Gasteiger partial charge in [0.15, 0.2) is 0 Å². The van der Waals surface area contributed by atoms with Crippen LogP contribution in [-0.4, -0.2) is 65.0 Å². The molecule has 0 amide bonds. The predicted molar refractivity (Wildman–Crippen MR) is 65.2 cm³/mol. The molecule has 1 unspecified atom stereocenters. The lowest BCUT2D eigenvalue weighted by atomic mass is 10.1. The van der Waals surface area contributed by atoms with Gasteiger partial charge in [0.2, 0.25) is 6.41 Å². The quantitative estimate of drug-likeness (QED) is 0.547. The second kappa shape index (κ2) is 5.03. The van der Waals surface area contributed by atoms with Gasteiger partial charge >= 0.3 is 0 Å². The Kier molecular flexibility index (Phi) is 3.66. The lowest BCUT2D eigenvalue weighted by Crippen LogP contribution is -2.50. The average molecular weight is 240 g/mol. The fourth-order valence-corrected chi connectivity index (χ4v) is 2.13. The summed E-state index contributed by atoms with van der Waals surface area (Å²) in [6.07, 6.45) is 0.392. The Balaban J connectivity index is 2.01. The summed E-state index contributed by atoms with van der Waals surface area (Å²) in [4.78, 5) is 8.22. The standard InChI is InChI=1S/C11H20N4O2/c1-8-9(2)12-7-13-10(8)14-3-5-15(6-4-14)11(16)17/h7,9,11,16-17H,3-6H2,1-2H3,(H,12,13). The maximum Gasteiger partial charge on any atom is 0.213 e. The Morgan fingerprint density at radius 3 is 2.59 bits per heavy atom. The van der Waals surface area contributed by atoms with Crippen molar-refractivity contribution >= 4 is 6.34 Å². The van der Waals surface area contributed by atoms with Crippen LogP contribution in [0.3, 0.4) is 0 Å². The molecule has 6 nitrogen and oxygen atoms in total. The van der Waals surface area contributed by atoms with Crippen LogP contribution in [0.15, 0.2) is 16.4 Å². The van der Waals surface area contributed by atoms with E-state index in [4.69, 9.17) is 10.2 Å². The van der Waals surface area contributed by atoms with Crippen LogP contribution in [0.1, 0.15) is 13.8 Å². The molecular formula is C11H20N4O2. The van der Waals surface area contributed by atoms with Crippen molar-refractivity contribution in [3.8, 4) is 0 Å². The number of nitrogens with one attached hydrogen (secondary N) is 1. The van der Waals surface area contributed by atoms with E-state index < -0.39 is 6.41 Å². The van der Waals surface area contributed by atoms with Gasteiger partial charge < -0.3 is 20.4 Å². The Bertz CT molecular complexity index is 332. The summed E-state index contributed by atoms with van der Waals surface area (Å²) >= 11 is 0. The van der Waals surface area contributed by atoms with Crippen LogP contribution in [0, 0.1) is 0 Å². The van der Waals surface area contributed by atoms with Crippen molar-refractivity contribution in [2.75, 3.05) is 26.2 Å². The molecule has 1 atom stereocenters. The maximum absolute atomic E-state index is 9.08. The largest absolute Gasteiger partial charge is 0.370 e. The van der Waals surface area contributed by atoms with Gasteiger partial charge in [-0.05, 0) is 19.4 Å². The van der Waals surface area contributed by atoms with Crippen molar-refractivity contribution < 1.29 is 10.2 Å². The van der Waals surface area contributed by atoms with E-state index >= 15 is 0 Å². The molecule has 1 fully saturated rings. The monoisotopic (exact) mass is 240 g/mol. The van der Waals surface area contributed by atoms with Crippen LogP contribution in [-0.2, 0) is 0 Å². The second-order valence-corrected chi connectivity index (χ2v) is 4.52. The van der Waals surface area contributed by atoms with E-state index in [-0.39, 0.29) is 0 Å². The molecule has 2 rings (SSSR count). The normalized spacial score (nSPS) is 26.6. The molecule has 0 aromatic rings. The number of aliphatic hydroxyl groups is 2. The number of rotatable bonds is 2. The first-order valence-electron chi connectivity index (χ1n) is 5.94. The van der Waals surface area contributed by atoms with Crippen LogP contribution in [0.2, 0.25) is 0 Å². The second-order valence-electron chi connectivity index (χ2n) is 4.52.